The molecule has 29 heavy (non-hydrogen) atoms. The maximum Gasteiger partial charge on any atom is 0.276 e. The predicted octanol–water partition coefficient (Wildman–Crippen LogP) is 3.17. The van der Waals surface area contributed by atoms with Gasteiger partial charge in [0.2, 0.25) is 0 Å². The number of non-ortho nitro benzene ring substituents is 1. The molecule has 0 spiro atoms. The molecule has 0 saturated carbocycles. The smallest absolute Gasteiger partial charge is 0.276 e. The minimum absolute atomic E-state index is 0.0674. The van der Waals surface area contributed by atoms with Crippen molar-refractivity contribution in [2.75, 3.05) is 11.9 Å². The Bertz CT molecular complexity index is 1060. The Labute approximate surface area is 166 Å². The lowest BCUT2D eigenvalue weighted by Crippen LogP contribution is -2.24. The van der Waals surface area contributed by atoms with Crippen LogP contribution in [0.15, 0.2) is 60.8 Å². The molecule has 0 atom stereocenters. The minimum Gasteiger partial charge on any atom is -0.352 e. The molecule has 0 fully saturated rings. The van der Waals surface area contributed by atoms with Crippen LogP contribution in [-0.4, -0.2) is 33.1 Å². The molecule has 0 saturated heterocycles. The van der Waals surface area contributed by atoms with E-state index in [4.69, 9.17) is 0 Å². The van der Waals surface area contributed by atoms with Crippen molar-refractivity contribution in [3.05, 3.63) is 82.2 Å². The molecule has 2 N–H and O–H groups in total. The van der Waals surface area contributed by atoms with Gasteiger partial charge in [0.25, 0.3) is 17.5 Å². The van der Waals surface area contributed by atoms with Crippen molar-refractivity contribution in [3.8, 4) is 5.69 Å². The van der Waals surface area contributed by atoms with Crippen molar-refractivity contribution in [2.45, 2.75) is 13.3 Å². The number of nitro benzene ring substituents is 1. The molecule has 3 aromatic rings. The summed E-state index contributed by atoms with van der Waals surface area (Å²) in [7, 11) is 0. The van der Waals surface area contributed by atoms with Crippen LogP contribution in [0, 0.1) is 10.1 Å². The third-order valence-electron chi connectivity index (χ3n) is 4.04. The molecule has 1 aromatic heterocycles. The standard InChI is InChI=1S/C20H19N5O4/c1-2-10-21-19(26)14-5-3-6-15(12-14)22-20(27)18-9-11-24(23-18)16-7-4-8-17(13-16)25(28)29/h3-9,11-13H,2,10H2,1H3,(H,21,26)(H,22,27). The summed E-state index contributed by atoms with van der Waals surface area (Å²) in [5, 5.41) is 20.6. The Balaban J connectivity index is 1.73. The van der Waals surface area contributed by atoms with E-state index in [2.05, 4.69) is 15.7 Å². The Morgan fingerprint density at radius 2 is 1.90 bits per heavy atom. The minimum atomic E-state index is -0.496. The topological polar surface area (TPSA) is 119 Å². The third-order valence-corrected chi connectivity index (χ3v) is 4.04. The Morgan fingerprint density at radius 1 is 1.10 bits per heavy atom. The van der Waals surface area contributed by atoms with E-state index in [1.165, 1.54) is 22.9 Å². The number of nitrogens with one attached hydrogen (secondary N) is 2. The molecule has 9 heteroatoms. The van der Waals surface area contributed by atoms with Gasteiger partial charge in [-0.1, -0.05) is 19.1 Å². The normalized spacial score (nSPS) is 10.4. The highest BCUT2D eigenvalue weighted by molar-refractivity contribution is 6.03. The highest BCUT2D eigenvalue weighted by atomic mass is 16.6. The fraction of sp³-hybridized carbons (Fsp3) is 0.150. The predicted molar refractivity (Wildman–Crippen MR) is 107 cm³/mol. The summed E-state index contributed by atoms with van der Waals surface area (Å²) in [5.41, 5.74) is 1.44. The van der Waals surface area contributed by atoms with Crippen LogP contribution in [-0.2, 0) is 0 Å². The summed E-state index contributed by atoms with van der Waals surface area (Å²) in [4.78, 5) is 35.0. The number of hydrogen-bond donors (Lipinski definition) is 2. The van der Waals surface area contributed by atoms with Gasteiger partial charge in [0.1, 0.15) is 0 Å². The van der Waals surface area contributed by atoms with Gasteiger partial charge >= 0.3 is 0 Å². The molecule has 3 rings (SSSR count). The van der Waals surface area contributed by atoms with E-state index in [9.17, 15) is 19.7 Å². The Morgan fingerprint density at radius 3 is 2.66 bits per heavy atom. The number of amides is 2. The summed E-state index contributed by atoms with van der Waals surface area (Å²) < 4.78 is 1.39. The Hall–Kier alpha value is -4.01. The molecule has 2 aromatic carbocycles. The summed E-state index contributed by atoms with van der Waals surface area (Å²) in [6.07, 6.45) is 2.37. The molecular formula is C20H19N5O4. The molecule has 0 bridgehead atoms. The summed E-state index contributed by atoms with van der Waals surface area (Å²) in [6.45, 7) is 2.54. The number of carbonyl (C=O) groups is 2. The first-order valence-electron chi connectivity index (χ1n) is 8.98. The first kappa shape index (κ1) is 19.7. The lowest BCUT2D eigenvalue weighted by Gasteiger charge is -2.07. The quantitative estimate of drug-likeness (QED) is 0.472. The van der Waals surface area contributed by atoms with Crippen LogP contribution in [0.5, 0.6) is 0 Å². The molecule has 0 unspecified atom stereocenters. The number of nitro groups is 1. The van der Waals surface area contributed by atoms with Crippen LogP contribution in [0.2, 0.25) is 0 Å². The van der Waals surface area contributed by atoms with Gasteiger partial charge in [-0.25, -0.2) is 4.68 Å². The first-order valence-corrected chi connectivity index (χ1v) is 8.98. The van der Waals surface area contributed by atoms with Crippen LogP contribution in [0.3, 0.4) is 0 Å². The summed E-state index contributed by atoms with van der Waals surface area (Å²) >= 11 is 0. The van der Waals surface area contributed by atoms with Gasteiger partial charge in [0.05, 0.1) is 10.6 Å². The van der Waals surface area contributed by atoms with Crippen LogP contribution in [0.4, 0.5) is 11.4 Å². The van der Waals surface area contributed by atoms with Gasteiger partial charge < -0.3 is 10.6 Å². The van der Waals surface area contributed by atoms with E-state index < -0.39 is 10.8 Å². The zero-order valence-electron chi connectivity index (χ0n) is 15.7. The van der Waals surface area contributed by atoms with Crippen molar-refractivity contribution in [2.24, 2.45) is 0 Å². The highest BCUT2D eigenvalue weighted by Crippen LogP contribution is 2.17. The van der Waals surface area contributed by atoms with E-state index in [-0.39, 0.29) is 17.3 Å². The molecular weight excluding hydrogens is 374 g/mol. The molecule has 9 nitrogen and oxygen atoms in total. The highest BCUT2D eigenvalue weighted by Gasteiger charge is 2.13. The van der Waals surface area contributed by atoms with Gasteiger partial charge in [0, 0.05) is 36.1 Å². The van der Waals surface area contributed by atoms with E-state index >= 15 is 0 Å². The molecule has 148 valence electrons. The monoisotopic (exact) mass is 393 g/mol. The van der Waals surface area contributed by atoms with Crippen molar-refractivity contribution < 1.29 is 14.5 Å². The maximum absolute atomic E-state index is 12.5. The van der Waals surface area contributed by atoms with Crippen molar-refractivity contribution >= 4 is 23.2 Å². The largest absolute Gasteiger partial charge is 0.352 e. The van der Waals surface area contributed by atoms with Gasteiger partial charge in [-0.2, -0.15) is 5.10 Å². The van der Waals surface area contributed by atoms with Crippen LogP contribution in [0.25, 0.3) is 5.69 Å². The van der Waals surface area contributed by atoms with Gasteiger partial charge in [0.15, 0.2) is 5.69 Å². The van der Waals surface area contributed by atoms with Crippen molar-refractivity contribution in [1.82, 2.24) is 15.1 Å². The Kier molecular flexibility index (Phi) is 5.98. The van der Waals surface area contributed by atoms with E-state index in [0.717, 1.165) is 6.42 Å². The first-order chi connectivity index (χ1) is 14.0. The number of benzene rings is 2. The average molecular weight is 393 g/mol. The number of nitrogens with zero attached hydrogens (tertiary/aromatic N) is 3. The second-order valence-corrected chi connectivity index (χ2v) is 6.21. The molecule has 0 aliphatic carbocycles. The van der Waals surface area contributed by atoms with Crippen molar-refractivity contribution in [1.29, 1.82) is 0 Å². The third kappa shape index (κ3) is 4.83. The molecule has 2 amide bonds. The maximum atomic E-state index is 12.5. The molecule has 1 heterocycles. The second kappa shape index (κ2) is 8.79. The van der Waals surface area contributed by atoms with Crippen molar-refractivity contribution in [3.63, 3.8) is 0 Å². The number of carbonyl (C=O) groups excluding carboxylic acids is 2. The van der Waals surface area contributed by atoms with Crippen LogP contribution >= 0.6 is 0 Å². The van der Waals surface area contributed by atoms with Gasteiger partial charge in [-0.15, -0.1) is 0 Å². The number of anilines is 1. The fourth-order valence-corrected chi connectivity index (χ4v) is 2.61. The van der Waals surface area contributed by atoms with Gasteiger partial charge in [-0.05, 0) is 36.8 Å². The lowest BCUT2D eigenvalue weighted by molar-refractivity contribution is -0.384. The fourth-order valence-electron chi connectivity index (χ4n) is 2.61. The zero-order chi connectivity index (χ0) is 20.8. The van der Waals surface area contributed by atoms with E-state index in [0.29, 0.717) is 23.5 Å². The lowest BCUT2D eigenvalue weighted by atomic mass is 10.2. The van der Waals surface area contributed by atoms with Crippen LogP contribution < -0.4 is 10.6 Å². The molecule has 0 aliphatic rings. The van der Waals surface area contributed by atoms with E-state index in [1.807, 2.05) is 6.92 Å². The average Bonchev–Trinajstić information content (AvgIpc) is 3.23. The van der Waals surface area contributed by atoms with E-state index in [1.54, 1.807) is 42.6 Å². The second-order valence-electron chi connectivity index (χ2n) is 6.21. The summed E-state index contributed by atoms with van der Waals surface area (Å²) in [6, 6.07) is 14.1. The molecule has 0 radical (unpaired) electrons. The summed E-state index contributed by atoms with van der Waals surface area (Å²) in [5.74, 6) is -0.668. The molecule has 0 aliphatic heterocycles. The zero-order valence-corrected chi connectivity index (χ0v) is 15.7. The van der Waals surface area contributed by atoms with Crippen LogP contribution in [0.1, 0.15) is 34.2 Å². The SMILES string of the molecule is CCCNC(=O)c1cccc(NC(=O)c2ccn(-c3cccc([N+](=O)[O-])c3)n2)c1. The number of aromatic nitrogens is 2. The number of hydrogen-bond acceptors (Lipinski definition) is 5. The van der Waals surface area contributed by atoms with Gasteiger partial charge in [-0.3, -0.25) is 19.7 Å². The number of rotatable bonds is 7.